The Balaban J connectivity index is 1.97. The van der Waals surface area contributed by atoms with Crippen LogP contribution in [0.2, 0.25) is 0 Å². The van der Waals surface area contributed by atoms with Crippen molar-refractivity contribution in [1.29, 1.82) is 0 Å². The zero-order valence-electron chi connectivity index (χ0n) is 9.12. The third-order valence-electron chi connectivity index (χ3n) is 3.31. The third kappa shape index (κ3) is 1.91. The summed E-state index contributed by atoms with van der Waals surface area (Å²) >= 11 is 0. The highest BCUT2D eigenvalue weighted by molar-refractivity contribution is 5.85. The van der Waals surface area contributed by atoms with E-state index in [0.29, 0.717) is 25.2 Å². The summed E-state index contributed by atoms with van der Waals surface area (Å²) in [4.78, 5) is 25.0. The van der Waals surface area contributed by atoms with Gasteiger partial charge >= 0.3 is 5.97 Å². The Bertz CT molecular complexity index is 274. The summed E-state index contributed by atoms with van der Waals surface area (Å²) in [6, 6.07) is 0. The van der Waals surface area contributed by atoms with Gasteiger partial charge in [-0.05, 0) is 19.8 Å². The van der Waals surface area contributed by atoms with Crippen molar-refractivity contribution in [3.8, 4) is 0 Å². The summed E-state index contributed by atoms with van der Waals surface area (Å²) in [6.45, 7) is 3.70. The molecular formula is C11H17NO3. The number of ether oxygens (including phenoxy) is 1. The van der Waals surface area contributed by atoms with Gasteiger partial charge in [0.15, 0.2) is 0 Å². The van der Waals surface area contributed by atoms with E-state index in [9.17, 15) is 9.59 Å². The van der Waals surface area contributed by atoms with E-state index in [1.54, 1.807) is 0 Å². The topological polar surface area (TPSA) is 46.6 Å². The zero-order valence-corrected chi connectivity index (χ0v) is 9.12. The van der Waals surface area contributed by atoms with Crippen LogP contribution in [0.5, 0.6) is 0 Å². The average Bonchev–Trinajstić information content (AvgIpc) is 3.00. The number of Topliss-reactive ketones (excluding diaryl/α,β-unsaturated/α-hetero) is 1. The lowest BCUT2D eigenvalue weighted by Crippen LogP contribution is -2.48. The van der Waals surface area contributed by atoms with Gasteiger partial charge in [0.25, 0.3) is 0 Å². The van der Waals surface area contributed by atoms with Gasteiger partial charge in [-0.2, -0.15) is 0 Å². The maximum Gasteiger partial charge on any atom is 0.326 e. The van der Waals surface area contributed by atoms with E-state index in [1.807, 2.05) is 6.92 Å². The molecule has 0 amide bonds. The van der Waals surface area contributed by atoms with Gasteiger partial charge in [-0.3, -0.25) is 14.5 Å². The van der Waals surface area contributed by atoms with Gasteiger partial charge in [0.05, 0.1) is 6.61 Å². The van der Waals surface area contributed by atoms with Crippen LogP contribution in [0.1, 0.15) is 32.6 Å². The minimum absolute atomic E-state index is 0.0978. The number of likely N-dealkylation sites (tertiary alicyclic amines) is 1. The number of esters is 1. The molecule has 0 radical (unpaired) electrons. The standard InChI is InChI=1S/C11H17NO3/c1-2-15-10(14)11(5-6-11)12-7-3-9(13)4-8-12/h2-8H2,1H3. The number of ketones is 1. The summed E-state index contributed by atoms with van der Waals surface area (Å²) in [5, 5.41) is 0. The number of hydrogen-bond acceptors (Lipinski definition) is 4. The van der Waals surface area contributed by atoms with Crippen molar-refractivity contribution in [1.82, 2.24) is 4.90 Å². The fourth-order valence-corrected chi connectivity index (χ4v) is 2.22. The van der Waals surface area contributed by atoms with E-state index < -0.39 is 0 Å². The normalized spacial score (nSPS) is 25.0. The second-order valence-electron chi connectivity index (χ2n) is 4.28. The second-order valence-corrected chi connectivity index (χ2v) is 4.28. The van der Waals surface area contributed by atoms with Crippen LogP contribution in [0.15, 0.2) is 0 Å². The van der Waals surface area contributed by atoms with Crippen molar-refractivity contribution in [3.63, 3.8) is 0 Å². The molecule has 0 aromatic carbocycles. The van der Waals surface area contributed by atoms with Crippen molar-refractivity contribution in [3.05, 3.63) is 0 Å². The Hall–Kier alpha value is -0.900. The van der Waals surface area contributed by atoms with Crippen LogP contribution in [-0.4, -0.2) is 41.9 Å². The summed E-state index contributed by atoms with van der Waals surface area (Å²) in [5.74, 6) is 0.213. The van der Waals surface area contributed by atoms with Crippen molar-refractivity contribution in [2.24, 2.45) is 0 Å². The maximum absolute atomic E-state index is 11.8. The lowest BCUT2D eigenvalue weighted by Gasteiger charge is -2.32. The lowest BCUT2D eigenvalue weighted by molar-refractivity contribution is -0.152. The van der Waals surface area contributed by atoms with E-state index >= 15 is 0 Å². The van der Waals surface area contributed by atoms with Crippen LogP contribution in [-0.2, 0) is 14.3 Å². The van der Waals surface area contributed by atoms with Crippen LogP contribution in [0.25, 0.3) is 0 Å². The quantitative estimate of drug-likeness (QED) is 0.646. The first-order valence-electron chi connectivity index (χ1n) is 5.63. The van der Waals surface area contributed by atoms with Crippen molar-refractivity contribution < 1.29 is 14.3 Å². The van der Waals surface area contributed by atoms with E-state index in [1.165, 1.54) is 0 Å². The molecule has 15 heavy (non-hydrogen) atoms. The van der Waals surface area contributed by atoms with Gasteiger partial charge < -0.3 is 4.74 Å². The summed E-state index contributed by atoms with van der Waals surface area (Å²) in [5.41, 5.74) is -0.364. The molecule has 2 rings (SSSR count). The van der Waals surface area contributed by atoms with Gasteiger partial charge in [-0.15, -0.1) is 0 Å². The Labute approximate surface area is 89.6 Å². The largest absolute Gasteiger partial charge is 0.465 e. The number of hydrogen-bond donors (Lipinski definition) is 0. The summed E-state index contributed by atoms with van der Waals surface area (Å²) < 4.78 is 5.08. The molecule has 0 aromatic rings. The molecule has 2 fully saturated rings. The smallest absolute Gasteiger partial charge is 0.326 e. The molecule has 1 heterocycles. The summed E-state index contributed by atoms with van der Waals surface area (Å²) in [6.07, 6.45) is 2.95. The molecule has 0 unspecified atom stereocenters. The number of nitrogens with zero attached hydrogens (tertiary/aromatic N) is 1. The van der Waals surface area contributed by atoms with Crippen LogP contribution in [0, 0.1) is 0 Å². The van der Waals surface area contributed by atoms with E-state index in [2.05, 4.69) is 4.90 Å². The van der Waals surface area contributed by atoms with Gasteiger partial charge in [0.1, 0.15) is 11.3 Å². The highest BCUT2D eigenvalue weighted by Gasteiger charge is 2.56. The Kier molecular flexibility index (Phi) is 2.78. The van der Waals surface area contributed by atoms with Gasteiger partial charge in [0.2, 0.25) is 0 Å². The first-order chi connectivity index (χ1) is 7.19. The third-order valence-corrected chi connectivity index (χ3v) is 3.31. The lowest BCUT2D eigenvalue weighted by atomic mass is 10.1. The molecule has 4 nitrogen and oxygen atoms in total. The molecule has 4 heteroatoms. The number of carbonyl (C=O) groups excluding carboxylic acids is 2. The Morgan fingerprint density at radius 2 is 2.00 bits per heavy atom. The molecule has 1 saturated heterocycles. The maximum atomic E-state index is 11.8. The number of carbonyl (C=O) groups is 2. The van der Waals surface area contributed by atoms with Gasteiger partial charge in [0, 0.05) is 25.9 Å². The predicted octanol–water partition coefficient (Wildman–Crippen LogP) is 0.747. The molecule has 0 atom stereocenters. The predicted molar refractivity (Wildman–Crippen MR) is 54.4 cm³/mol. The van der Waals surface area contributed by atoms with Crippen molar-refractivity contribution >= 4 is 11.8 Å². The number of piperidine rings is 1. The molecule has 0 aromatic heterocycles. The molecule has 84 valence electrons. The van der Waals surface area contributed by atoms with E-state index in [-0.39, 0.29) is 11.5 Å². The number of rotatable bonds is 3. The van der Waals surface area contributed by atoms with Crippen molar-refractivity contribution in [2.75, 3.05) is 19.7 Å². The minimum Gasteiger partial charge on any atom is -0.465 e. The van der Waals surface area contributed by atoms with Crippen LogP contribution in [0.4, 0.5) is 0 Å². The second kappa shape index (κ2) is 3.93. The Morgan fingerprint density at radius 3 is 2.47 bits per heavy atom. The minimum atomic E-state index is -0.364. The van der Waals surface area contributed by atoms with E-state index in [0.717, 1.165) is 25.9 Å². The highest BCUT2D eigenvalue weighted by Crippen LogP contribution is 2.43. The summed E-state index contributed by atoms with van der Waals surface area (Å²) in [7, 11) is 0. The Morgan fingerprint density at radius 1 is 1.40 bits per heavy atom. The molecule has 0 bridgehead atoms. The average molecular weight is 211 g/mol. The molecule has 1 saturated carbocycles. The highest BCUT2D eigenvalue weighted by atomic mass is 16.5. The van der Waals surface area contributed by atoms with Crippen LogP contribution in [0.3, 0.4) is 0 Å². The molecule has 1 aliphatic heterocycles. The molecule has 0 spiro atoms. The van der Waals surface area contributed by atoms with Crippen LogP contribution >= 0.6 is 0 Å². The molecule has 0 N–H and O–H groups in total. The molecule has 1 aliphatic carbocycles. The zero-order chi connectivity index (χ0) is 10.9. The molecular weight excluding hydrogens is 194 g/mol. The van der Waals surface area contributed by atoms with Gasteiger partial charge in [-0.25, -0.2) is 0 Å². The first kappa shape index (κ1) is 10.6. The van der Waals surface area contributed by atoms with Crippen LogP contribution < -0.4 is 0 Å². The monoisotopic (exact) mass is 211 g/mol. The first-order valence-corrected chi connectivity index (χ1v) is 5.63. The molecule has 2 aliphatic rings. The SMILES string of the molecule is CCOC(=O)C1(N2CCC(=O)CC2)CC1. The van der Waals surface area contributed by atoms with Gasteiger partial charge in [-0.1, -0.05) is 0 Å². The fourth-order valence-electron chi connectivity index (χ4n) is 2.22. The van der Waals surface area contributed by atoms with E-state index in [4.69, 9.17) is 4.74 Å². The fraction of sp³-hybridized carbons (Fsp3) is 0.818. The van der Waals surface area contributed by atoms with Crippen molar-refractivity contribution in [2.45, 2.75) is 38.1 Å².